The maximum atomic E-state index is 13.0. The first-order valence-electron chi connectivity index (χ1n) is 9.23. The van der Waals surface area contributed by atoms with Crippen LogP contribution in [-0.4, -0.2) is 39.7 Å². The third kappa shape index (κ3) is 4.16. The number of nitrogens with one attached hydrogen (secondary N) is 1. The van der Waals surface area contributed by atoms with Crippen LogP contribution in [0.2, 0.25) is 0 Å². The molecule has 1 N–H and O–H groups in total. The quantitative estimate of drug-likeness (QED) is 0.458. The monoisotopic (exact) mass is 372 g/mol. The smallest absolute Gasteiger partial charge is 0.280 e. The lowest BCUT2D eigenvalue weighted by molar-refractivity contribution is -0.384. The summed E-state index contributed by atoms with van der Waals surface area (Å²) in [7, 11) is 0. The average molecular weight is 372 g/mol. The predicted molar refractivity (Wildman–Crippen MR) is 103 cm³/mol. The summed E-state index contributed by atoms with van der Waals surface area (Å²) < 4.78 is 7.02. The molecule has 0 aliphatic carbocycles. The number of aliphatic imine (C=N–C) groups is 1. The fourth-order valence-electron chi connectivity index (χ4n) is 3.30. The number of aromatic nitrogens is 2. The summed E-state index contributed by atoms with van der Waals surface area (Å²) in [6.45, 7) is 5.22. The highest BCUT2D eigenvalue weighted by Gasteiger charge is 2.19. The Morgan fingerprint density at radius 1 is 1.41 bits per heavy atom. The molecule has 1 aromatic heterocycles. The lowest BCUT2D eigenvalue weighted by atomic mass is 10.1. The molecule has 144 valence electrons. The Labute approximate surface area is 157 Å². The number of aryl methyl sites for hydroxylation is 1. The number of hydrogen-bond acceptors (Lipinski definition) is 5. The minimum Gasteiger partial charge on any atom is -0.376 e. The number of non-ortho nitro benzene ring substituents is 1. The van der Waals surface area contributed by atoms with Crippen molar-refractivity contribution in [2.24, 2.45) is 4.99 Å². The van der Waals surface area contributed by atoms with Gasteiger partial charge in [-0.05, 0) is 38.3 Å². The summed E-state index contributed by atoms with van der Waals surface area (Å²) in [4.78, 5) is 28.0. The van der Waals surface area contributed by atoms with E-state index in [2.05, 4.69) is 10.1 Å². The molecule has 1 atom stereocenters. The van der Waals surface area contributed by atoms with Gasteiger partial charge in [-0.1, -0.05) is 13.3 Å². The Bertz CT molecular complexity index is 889. The van der Waals surface area contributed by atoms with E-state index in [9.17, 15) is 14.9 Å². The van der Waals surface area contributed by atoms with Crippen molar-refractivity contribution in [2.75, 3.05) is 13.2 Å². The standard InChI is InChI=1S/C19H24N4O4/c1-3-5-17-18(13(2)20-12-16-6-4-11-27-16)19(24)22(21-17)14-7-9-15(10-8-14)23(25)26/h7-10,16,21H,3-6,11-12H2,1-2H3. The van der Waals surface area contributed by atoms with Gasteiger partial charge >= 0.3 is 0 Å². The molecular formula is C19H24N4O4. The largest absolute Gasteiger partial charge is 0.376 e. The minimum atomic E-state index is -0.461. The maximum absolute atomic E-state index is 13.0. The summed E-state index contributed by atoms with van der Waals surface area (Å²) in [6, 6.07) is 5.91. The normalized spacial score (nSPS) is 17.4. The summed E-state index contributed by atoms with van der Waals surface area (Å²) in [5.41, 5.74) is 2.45. The second-order valence-corrected chi connectivity index (χ2v) is 6.69. The summed E-state index contributed by atoms with van der Waals surface area (Å²) in [5, 5.41) is 14.0. The summed E-state index contributed by atoms with van der Waals surface area (Å²) in [6.07, 6.45) is 3.78. The van der Waals surface area contributed by atoms with Gasteiger partial charge in [0, 0.05) is 30.1 Å². The van der Waals surface area contributed by atoms with Gasteiger partial charge in [0.1, 0.15) is 0 Å². The van der Waals surface area contributed by atoms with Crippen LogP contribution >= 0.6 is 0 Å². The van der Waals surface area contributed by atoms with Crippen molar-refractivity contribution < 1.29 is 9.66 Å². The number of rotatable bonds is 7. The number of benzene rings is 1. The average Bonchev–Trinajstić information content (AvgIpc) is 3.28. The highest BCUT2D eigenvalue weighted by Crippen LogP contribution is 2.16. The Kier molecular flexibility index (Phi) is 5.85. The molecule has 8 nitrogen and oxygen atoms in total. The molecule has 3 rings (SSSR count). The van der Waals surface area contributed by atoms with Gasteiger partial charge in [-0.3, -0.25) is 25.0 Å². The number of nitro groups is 1. The Morgan fingerprint density at radius 2 is 2.15 bits per heavy atom. The third-order valence-electron chi connectivity index (χ3n) is 4.70. The van der Waals surface area contributed by atoms with E-state index < -0.39 is 4.92 Å². The van der Waals surface area contributed by atoms with Gasteiger partial charge in [0.15, 0.2) is 0 Å². The molecule has 0 amide bonds. The Morgan fingerprint density at radius 3 is 2.74 bits per heavy atom. The molecule has 2 heterocycles. The molecule has 8 heteroatoms. The molecule has 0 spiro atoms. The van der Waals surface area contributed by atoms with Gasteiger partial charge in [-0.2, -0.15) is 0 Å². The van der Waals surface area contributed by atoms with E-state index in [0.29, 0.717) is 23.5 Å². The van der Waals surface area contributed by atoms with Crippen LogP contribution in [-0.2, 0) is 11.2 Å². The van der Waals surface area contributed by atoms with E-state index in [0.717, 1.165) is 38.0 Å². The van der Waals surface area contributed by atoms with Crippen molar-refractivity contribution in [3.8, 4) is 5.69 Å². The number of H-pyrrole nitrogens is 1. The van der Waals surface area contributed by atoms with Crippen LogP contribution in [0.25, 0.3) is 5.69 Å². The molecule has 1 unspecified atom stereocenters. The molecule has 0 saturated carbocycles. The lowest BCUT2D eigenvalue weighted by Crippen LogP contribution is -2.20. The van der Waals surface area contributed by atoms with E-state index in [1.807, 2.05) is 13.8 Å². The van der Waals surface area contributed by atoms with Crippen LogP contribution in [0.1, 0.15) is 44.4 Å². The molecule has 27 heavy (non-hydrogen) atoms. The zero-order valence-electron chi connectivity index (χ0n) is 15.6. The minimum absolute atomic E-state index is 0.0123. The zero-order chi connectivity index (χ0) is 19.4. The van der Waals surface area contributed by atoms with E-state index >= 15 is 0 Å². The second-order valence-electron chi connectivity index (χ2n) is 6.69. The van der Waals surface area contributed by atoms with Gasteiger partial charge in [0.05, 0.1) is 28.8 Å². The van der Waals surface area contributed by atoms with Crippen molar-refractivity contribution >= 4 is 11.4 Å². The molecule has 1 saturated heterocycles. The van der Waals surface area contributed by atoms with Crippen molar-refractivity contribution in [1.82, 2.24) is 9.78 Å². The topological polar surface area (TPSA) is 103 Å². The summed E-state index contributed by atoms with van der Waals surface area (Å²) >= 11 is 0. The number of aromatic amines is 1. The SMILES string of the molecule is CCCc1[nH]n(-c2ccc([N+](=O)[O-])cc2)c(=O)c1C(C)=NCC1CCCO1. The number of nitro benzene ring substituents is 1. The Hall–Kier alpha value is -2.74. The van der Waals surface area contributed by atoms with Crippen molar-refractivity contribution in [2.45, 2.75) is 45.6 Å². The van der Waals surface area contributed by atoms with Crippen LogP contribution < -0.4 is 5.56 Å². The van der Waals surface area contributed by atoms with E-state index in [-0.39, 0.29) is 17.4 Å². The van der Waals surface area contributed by atoms with Crippen molar-refractivity contribution in [3.05, 3.63) is 56.0 Å². The van der Waals surface area contributed by atoms with Crippen LogP contribution in [0.3, 0.4) is 0 Å². The van der Waals surface area contributed by atoms with Crippen LogP contribution in [0.15, 0.2) is 34.1 Å². The Balaban J connectivity index is 1.94. The van der Waals surface area contributed by atoms with Gasteiger partial charge in [0.2, 0.25) is 0 Å². The van der Waals surface area contributed by atoms with E-state index in [1.165, 1.54) is 16.8 Å². The van der Waals surface area contributed by atoms with E-state index in [1.54, 1.807) is 12.1 Å². The van der Waals surface area contributed by atoms with Crippen molar-refractivity contribution in [3.63, 3.8) is 0 Å². The molecule has 1 aromatic carbocycles. The predicted octanol–water partition coefficient (Wildman–Crippen LogP) is 3.01. The maximum Gasteiger partial charge on any atom is 0.280 e. The number of hydrogen-bond donors (Lipinski definition) is 1. The first-order chi connectivity index (χ1) is 13.0. The molecule has 1 aliphatic heterocycles. The molecule has 0 bridgehead atoms. The second kappa shape index (κ2) is 8.30. The van der Waals surface area contributed by atoms with Gasteiger partial charge < -0.3 is 4.74 Å². The number of nitrogens with zero attached hydrogens (tertiary/aromatic N) is 3. The van der Waals surface area contributed by atoms with Crippen molar-refractivity contribution in [1.29, 1.82) is 0 Å². The first kappa shape index (κ1) is 19.0. The first-order valence-corrected chi connectivity index (χ1v) is 9.23. The molecule has 0 radical (unpaired) electrons. The fraction of sp³-hybridized carbons (Fsp3) is 0.474. The molecular weight excluding hydrogens is 348 g/mol. The van der Waals surface area contributed by atoms with Gasteiger partial charge in [-0.15, -0.1) is 0 Å². The van der Waals surface area contributed by atoms with Crippen LogP contribution in [0.5, 0.6) is 0 Å². The van der Waals surface area contributed by atoms with Gasteiger partial charge in [-0.25, -0.2) is 4.68 Å². The van der Waals surface area contributed by atoms with Crippen LogP contribution in [0, 0.1) is 10.1 Å². The summed E-state index contributed by atoms with van der Waals surface area (Å²) in [5.74, 6) is 0. The molecule has 1 fully saturated rings. The molecule has 1 aliphatic rings. The molecule has 2 aromatic rings. The van der Waals surface area contributed by atoms with E-state index in [4.69, 9.17) is 4.74 Å². The zero-order valence-corrected chi connectivity index (χ0v) is 15.6. The lowest BCUT2D eigenvalue weighted by Gasteiger charge is -2.06. The highest BCUT2D eigenvalue weighted by atomic mass is 16.6. The highest BCUT2D eigenvalue weighted by molar-refractivity contribution is 5.99. The van der Waals surface area contributed by atoms with Gasteiger partial charge in [0.25, 0.3) is 11.2 Å². The van der Waals surface area contributed by atoms with Crippen LogP contribution in [0.4, 0.5) is 5.69 Å². The third-order valence-corrected chi connectivity index (χ3v) is 4.70. The number of ether oxygens (including phenoxy) is 1. The fourth-order valence-corrected chi connectivity index (χ4v) is 3.30.